The highest BCUT2D eigenvalue weighted by Gasteiger charge is 2.26. The summed E-state index contributed by atoms with van der Waals surface area (Å²) in [5, 5.41) is 3.25. The smallest absolute Gasteiger partial charge is 0.221 e. The molecule has 3 rings (SSSR count). The lowest BCUT2D eigenvalue weighted by molar-refractivity contribution is -0.109. The van der Waals surface area contributed by atoms with Gasteiger partial charge in [-0.15, -0.1) is 0 Å². The number of nitrogens with two attached hydrogens (primary N) is 1. The zero-order valence-electron chi connectivity index (χ0n) is 12.5. The topological polar surface area (TPSA) is 93.2 Å². The number of nitrogens with zero attached hydrogens (tertiary/aromatic N) is 1. The maximum absolute atomic E-state index is 8.94. The molecule has 4 N–H and O–H groups in total. The van der Waals surface area contributed by atoms with Crippen LogP contribution in [0.3, 0.4) is 0 Å². The molecule has 22 heavy (non-hydrogen) atoms. The van der Waals surface area contributed by atoms with Gasteiger partial charge >= 0.3 is 0 Å². The van der Waals surface area contributed by atoms with E-state index in [2.05, 4.69) is 40.4 Å². The number of hydrazine groups is 1. The van der Waals surface area contributed by atoms with Crippen LogP contribution in [-0.2, 0) is 4.79 Å². The van der Waals surface area contributed by atoms with Crippen molar-refractivity contribution in [3.05, 3.63) is 47.7 Å². The van der Waals surface area contributed by atoms with Gasteiger partial charge in [0.1, 0.15) is 6.26 Å². The lowest BCUT2D eigenvalue weighted by Gasteiger charge is -2.10. The fraction of sp³-hybridized carbons (Fsp3) is 0.250. The monoisotopic (exact) mass is 300 g/mol. The van der Waals surface area contributed by atoms with Crippen LogP contribution in [-0.4, -0.2) is 18.4 Å². The Hall–Kier alpha value is -2.60. The summed E-state index contributed by atoms with van der Waals surface area (Å²) >= 11 is 0. The van der Waals surface area contributed by atoms with E-state index in [9.17, 15) is 0 Å². The third-order valence-electron chi connectivity index (χ3n) is 3.34. The Labute approximate surface area is 129 Å². The molecular weight excluding hydrogens is 280 g/mol. The van der Waals surface area contributed by atoms with Crippen LogP contribution in [0.15, 0.2) is 35.1 Å². The Morgan fingerprint density at radius 2 is 2.14 bits per heavy atom. The summed E-state index contributed by atoms with van der Waals surface area (Å²) in [5.74, 6) is 5.78. The molecule has 1 aromatic heterocycles. The van der Waals surface area contributed by atoms with Crippen LogP contribution >= 0.6 is 0 Å². The van der Waals surface area contributed by atoms with E-state index < -0.39 is 0 Å². The number of oxazole rings is 1. The van der Waals surface area contributed by atoms with Gasteiger partial charge in [0.25, 0.3) is 0 Å². The van der Waals surface area contributed by atoms with Gasteiger partial charge in [-0.1, -0.05) is 12.1 Å². The van der Waals surface area contributed by atoms with Crippen molar-refractivity contribution in [2.45, 2.75) is 18.8 Å². The summed E-state index contributed by atoms with van der Waals surface area (Å²) in [5.41, 5.74) is 5.58. The molecule has 1 amide bonds. The van der Waals surface area contributed by atoms with E-state index in [0.717, 1.165) is 11.6 Å². The number of hydrogen-bond donors (Lipinski definition) is 3. The second-order valence-corrected chi connectivity index (χ2v) is 4.82. The Balaban J connectivity index is 0.000000396. The van der Waals surface area contributed by atoms with Crippen molar-refractivity contribution < 1.29 is 9.21 Å². The fourth-order valence-corrected chi connectivity index (χ4v) is 2.21. The van der Waals surface area contributed by atoms with Crippen LogP contribution < -0.4 is 16.6 Å². The number of aromatic nitrogens is 1. The molecule has 1 aliphatic rings. The summed E-state index contributed by atoms with van der Waals surface area (Å²) in [7, 11) is 1.95. The zero-order valence-corrected chi connectivity index (χ0v) is 12.5. The van der Waals surface area contributed by atoms with Crippen LogP contribution in [0, 0.1) is 0 Å². The van der Waals surface area contributed by atoms with Gasteiger partial charge in [0.2, 0.25) is 12.3 Å². The second-order valence-electron chi connectivity index (χ2n) is 4.82. The first-order chi connectivity index (χ1) is 10.8. The highest BCUT2D eigenvalue weighted by molar-refractivity contribution is 5.77. The van der Waals surface area contributed by atoms with Gasteiger partial charge in [-0.05, 0) is 36.5 Å². The molecule has 0 bridgehead atoms. The van der Waals surface area contributed by atoms with Crippen molar-refractivity contribution >= 4 is 24.2 Å². The number of nitrogens with one attached hydrogen (secondary N) is 2. The number of anilines is 1. The highest BCUT2D eigenvalue weighted by atomic mass is 16.3. The van der Waals surface area contributed by atoms with E-state index in [1.165, 1.54) is 24.0 Å². The molecule has 1 fully saturated rings. The molecule has 0 atom stereocenters. The van der Waals surface area contributed by atoms with Crippen LogP contribution in [0.5, 0.6) is 0 Å². The maximum Gasteiger partial charge on any atom is 0.221 e. The minimum absolute atomic E-state index is 0.403. The Bertz CT molecular complexity index is 619. The molecule has 2 aromatic rings. The molecule has 0 saturated heterocycles. The van der Waals surface area contributed by atoms with Gasteiger partial charge in [0.05, 0.1) is 6.20 Å². The Kier molecular flexibility index (Phi) is 5.73. The standard InChI is InChI=1S/C15H16N2O.CH4N2O/c1-16-14-4-2-3-12(11-5-6-11)13(14)7-8-15-17-9-10-18-15;2-3-1-4/h2-4,7-11,16H,5-6H2,1H3;1H,2H2,(H,3,4)/b8-7+;. The van der Waals surface area contributed by atoms with Crippen LogP contribution in [0.1, 0.15) is 35.8 Å². The lowest BCUT2D eigenvalue weighted by atomic mass is 10.0. The predicted octanol–water partition coefficient (Wildman–Crippen LogP) is 2.37. The van der Waals surface area contributed by atoms with Crippen molar-refractivity contribution in [3.63, 3.8) is 0 Å². The molecule has 0 unspecified atom stereocenters. The fourth-order valence-electron chi connectivity index (χ4n) is 2.21. The van der Waals surface area contributed by atoms with Crippen molar-refractivity contribution in [2.75, 3.05) is 12.4 Å². The summed E-state index contributed by atoms with van der Waals surface area (Å²) in [4.78, 5) is 13.0. The van der Waals surface area contributed by atoms with Crippen molar-refractivity contribution in [1.29, 1.82) is 0 Å². The zero-order chi connectivity index (χ0) is 15.8. The maximum atomic E-state index is 8.94. The Morgan fingerprint density at radius 1 is 1.36 bits per heavy atom. The molecule has 1 aliphatic carbocycles. The average molecular weight is 300 g/mol. The van der Waals surface area contributed by atoms with Crippen molar-refractivity contribution in [2.24, 2.45) is 5.84 Å². The number of rotatable bonds is 5. The van der Waals surface area contributed by atoms with E-state index in [1.807, 2.05) is 13.1 Å². The van der Waals surface area contributed by atoms with E-state index in [0.29, 0.717) is 12.3 Å². The minimum Gasteiger partial charge on any atom is -0.445 e. The lowest BCUT2D eigenvalue weighted by Crippen LogP contribution is -2.18. The van der Waals surface area contributed by atoms with Crippen LogP contribution in [0.25, 0.3) is 12.2 Å². The van der Waals surface area contributed by atoms with Crippen molar-refractivity contribution in [1.82, 2.24) is 10.4 Å². The van der Waals surface area contributed by atoms with Crippen LogP contribution in [0.2, 0.25) is 0 Å². The number of hydrogen-bond acceptors (Lipinski definition) is 5. The highest BCUT2D eigenvalue weighted by Crippen LogP contribution is 2.43. The normalized spacial score (nSPS) is 13.4. The molecule has 0 aliphatic heterocycles. The van der Waals surface area contributed by atoms with Gasteiger partial charge in [0, 0.05) is 24.4 Å². The van der Waals surface area contributed by atoms with E-state index >= 15 is 0 Å². The number of carbonyl (C=O) groups excluding carboxylic acids is 1. The molecule has 1 saturated carbocycles. The van der Waals surface area contributed by atoms with Gasteiger partial charge in [0.15, 0.2) is 0 Å². The summed E-state index contributed by atoms with van der Waals surface area (Å²) in [6.07, 6.45) is 10.3. The molecule has 0 radical (unpaired) electrons. The molecule has 0 spiro atoms. The quantitative estimate of drug-likeness (QED) is 0.341. The first-order valence-electron chi connectivity index (χ1n) is 7.08. The third kappa shape index (κ3) is 4.20. The molecule has 116 valence electrons. The number of carbonyl (C=O) groups is 1. The number of amides is 1. The van der Waals surface area contributed by atoms with Gasteiger partial charge in [-0.25, -0.2) is 10.8 Å². The van der Waals surface area contributed by atoms with Gasteiger partial charge in [-0.2, -0.15) is 0 Å². The third-order valence-corrected chi connectivity index (χ3v) is 3.34. The predicted molar refractivity (Wildman–Crippen MR) is 86.8 cm³/mol. The van der Waals surface area contributed by atoms with Crippen LogP contribution in [0.4, 0.5) is 5.69 Å². The second kappa shape index (κ2) is 7.99. The van der Waals surface area contributed by atoms with E-state index in [4.69, 9.17) is 9.21 Å². The molecule has 6 nitrogen and oxygen atoms in total. The summed E-state index contributed by atoms with van der Waals surface area (Å²) in [6, 6.07) is 6.43. The largest absolute Gasteiger partial charge is 0.445 e. The minimum atomic E-state index is 0.403. The average Bonchev–Trinajstić information content (AvgIpc) is 3.28. The molecule has 1 heterocycles. The summed E-state index contributed by atoms with van der Waals surface area (Å²) in [6.45, 7) is 0. The number of benzene rings is 1. The first kappa shape index (κ1) is 15.8. The van der Waals surface area contributed by atoms with Crippen molar-refractivity contribution in [3.8, 4) is 0 Å². The Morgan fingerprint density at radius 3 is 2.68 bits per heavy atom. The SMILES string of the molecule is CNc1cccc(C2CC2)c1/C=C/c1ncco1.NNC=O. The van der Waals surface area contributed by atoms with E-state index in [-0.39, 0.29) is 0 Å². The van der Waals surface area contributed by atoms with E-state index in [1.54, 1.807) is 17.9 Å². The first-order valence-corrected chi connectivity index (χ1v) is 7.08. The molecule has 6 heteroatoms. The molecular formula is C16H20N4O2. The summed E-state index contributed by atoms with van der Waals surface area (Å²) < 4.78 is 5.23. The molecule has 1 aromatic carbocycles. The van der Waals surface area contributed by atoms with Gasteiger partial charge < -0.3 is 9.73 Å². The van der Waals surface area contributed by atoms with Gasteiger partial charge in [-0.3, -0.25) is 10.2 Å².